The first-order valence-corrected chi connectivity index (χ1v) is 8.84. The van der Waals surface area contributed by atoms with Gasteiger partial charge in [0.1, 0.15) is 18.1 Å². The Morgan fingerprint density at radius 1 is 1.00 bits per heavy atom. The lowest BCUT2D eigenvalue weighted by atomic mass is 10.1. The first-order chi connectivity index (χ1) is 11.7. The molecule has 0 aliphatic carbocycles. The van der Waals surface area contributed by atoms with Crippen LogP contribution >= 0.6 is 11.3 Å². The van der Waals surface area contributed by atoms with Crippen LogP contribution in [0.2, 0.25) is 0 Å². The van der Waals surface area contributed by atoms with E-state index >= 15 is 0 Å². The number of benzene rings is 1. The number of hydrogen-bond donors (Lipinski definition) is 2. The number of aliphatic hydroxyl groups is 2. The summed E-state index contributed by atoms with van der Waals surface area (Å²) in [6, 6.07) is 15.8. The molecule has 0 radical (unpaired) electrons. The zero-order chi connectivity index (χ0) is 16.8. The van der Waals surface area contributed by atoms with Crippen molar-refractivity contribution in [3.63, 3.8) is 0 Å². The highest BCUT2D eigenvalue weighted by molar-refractivity contribution is 7.07. The molecule has 0 aliphatic heterocycles. The van der Waals surface area contributed by atoms with Gasteiger partial charge in [0, 0.05) is 13.1 Å². The summed E-state index contributed by atoms with van der Waals surface area (Å²) in [6.07, 6.45) is -0.535. The van der Waals surface area contributed by atoms with E-state index in [9.17, 15) is 5.11 Å². The van der Waals surface area contributed by atoms with Crippen molar-refractivity contribution < 1.29 is 14.6 Å². The molecular formula is C19H21NO3S. The van der Waals surface area contributed by atoms with Crippen molar-refractivity contribution in [1.29, 1.82) is 0 Å². The van der Waals surface area contributed by atoms with Crippen molar-refractivity contribution in [1.82, 2.24) is 4.90 Å². The van der Waals surface area contributed by atoms with Crippen molar-refractivity contribution in [2.24, 2.45) is 0 Å². The molecule has 2 aromatic heterocycles. The van der Waals surface area contributed by atoms with Crippen LogP contribution in [0.15, 0.2) is 63.7 Å². The lowest BCUT2D eigenvalue weighted by Crippen LogP contribution is -2.27. The number of aliphatic hydroxyl groups excluding tert-OH is 2. The molecule has 0 aliphatic rings. The molecule has 5 heteroatoms. The highest BCUT2D eigenvalue weighted by atomic mass is 32.1. The maximum atomic E-state index is 10.5. The minimum atomic E-state index is -0.535. The van der Waals surface area contributed by atoms with Crippen molar-refractivity contribution in [2.45, 2.75) is 25.8 Å². The van der Waals surface area contributed by atoms with E-state index in [2.05, 4.69) is 17.0 Å². The van der Waals surface area contributed by atoms with E-state index in [0.29, 0.717) is 18.8 Å². The Bertz CT molecular complexity index is 724. The molecule has 3 rings (SSSR count). The fraction of sp³-hybridized carbons (Fsp3) is 0.263. The van der Waals surface area contributed by atoms with E-state index in [0.717, 1.165) is 17.9 Å². The van der Waals surface area contributed by atoms with Crippen LogP contribution < -0.4 is 0 Å². The molecular weight excluding hydrogens is 322 g/mol. The second kappa shape index (κ2) is 8.26. The van der Waals surface area contributed by atoms with E-state index in [-0.39, 0.29) is 6.61 Å². The Labute approximate surface area is 145 Å². The Hall–Kier alpha value is -1.92. The second-order valence-corrected chi connectivity index (χ2v) is 6.53. The lowest BCUT2D eigenvalue weighted by Gasteiger charge is -2.24. The predicted molar refractivity (Wildman–Crippen MR) is 94.5 cm³/mol. The van der Waals surface area contributed by atoms with Crippen molar-refractivity contribution >= 4 is 11.3 Å². The minimum Gasteiger partial charge on any atom is -0.462 e. The zero-order valence-corrected chi connectivity index (χ0v) is 14.2. The first-order valence-electron chi connectivity index (χ1n) is 7.89. The summed E-state index contributed by atoms with van der Waals surface area (Å²) < 4.78 is 5.60. The molecule has 0 fully saturated rings. The van der Waals surface area contributed by atoms with Gasteiger partial charge < -0.3 is 14.6 Å². The van der Waals surface area contributed by atoms with Crippen LogP contribution in [0.5, 0.6) is 0 Å². The Morgan fingerprint density at radius 3 is 2.46 bits per heavy atom. The maximum Gasteiger partial charge on any atom is 0.129 e. The number of nitrogens with zero attached hydrogens (tertiary/aromatic N) is 1. The zero-order valence-electron chi connectivity index (χ0n) is 13.3. The Kier molecular flexibility index (Phi) is 5.82. The number of furan rings is 1. The quantitative estimate of drug-likeness (QED) is 0.656. The molecule has 3 aromatic rings. The van der Waals surface area contributed by atoms with Gasteiger partial charge in [0.25, 0.3) is 0 Å². The molecule has 4 nitrogen and oxygen atoms in total. The molecule has 1 aromatic carbocycles. The standard InChI is InChI=1S/C19H21NO3S/c21-13-18-7-6-17(23-18)11-20(10-15-4-2-1-3-5-15)12-19(22)16-8-9-24-14-16/h1-9,14,19,21-22H,10-13H2. The highest BCUT2D eigenvalue weighted by Crippen LogP contribution is 2.20. The van der Waals surface area contributed by atoms with Gasteiger partial charge in [-0.25, -0.2) is 0 Å². The van der Waals surface area contributed by atoms with Gasteiger partial charge in [0.05, 0.1) is 12.6 Å². The van der Waals surface area contributed by atoms with Crippen molar-refractivity contribution in [3.8, 4) is 0 Å². The second-order valence-electron chi connectivity index (χ2n) is 5.75. The molecule has 1 unspecified atom stereocenters. The van der Waals surface area contributed by atoms with Gasteiger partial charge in [-0.15, -0.1) is 0 Å². The molecule has 0 saturated carbocycles. The van der Waals surface area contributed by atoms with Crippen LogP contribution in [0, 0.1) is 0 Å². The average Bonchev–Trinajstić information content (AvgIpc) is 3.27. The van der Waals surface area contributed by atoms with Crippen LogP contribution in [-0.2, 0) is 19.7 Å². The van der Waals surface area contributed by atoms with Gasteiger partial charge in [0.15, 0.2) is 0 Å². The third-order valence-electron chi connectivity index (χ3n) is 3.86. The smallest absolute Gasteiger partial charge is 0.129 e. The number of thiophene rings is 1. The summed E-state index contributed by atoms with van der Waals surface area (Å²) in [6.45, 7) is 1.71. The van der Waals surface area contributed by atoms with Gasteiger partial charge in [-0.05, 0) is 40.1 Å². The van der Waals surface area contributed by atoms with E-state index in [4.69, 9.17) is 9.52 Å². The Balaban J connectivity index is 1.72. The molecule has 126 valence electrons. The number of hydrogen-bond acceptors (Lipinski definition) is 5. The summed E-state index contributed by atoms with van der Waals surface area (Å²) in [7, 11) is 0. The van der Waals surface area contributed by atoms with Crippen LogP contribution in [-0.4, -0.2) is 21.7 Å². The maximum absolute atomic E-state index is 10.5. The fourth-order valence-electron chi connectivity index (χ4n) is 2.65. The average molecular weight is 343 g/mol. The van der Waals surface area contributed by atoms with Crippen molar-refractivity contribution in [2.75, 3.05) is 6.54 Å². The third kappa shape index (κ3) is 4.55. The van der Waals surface area contributed by atoms with Gasteiger partial charge in [-0.2, -0.15) is 11.3 Å². The van der Waals surface area contributed by atoms with Gasteiger partial charge in [-0.1, -0.05) is 30.3 Å². The summed E-state index contributed by atoms with van der Waals surface area (Å²) >= 11 is 1.58. The van der Waals surface area contributed by atoms with E-state index < -0.39 is 6.10 Å². The fourth-order valence-corrected chi connectivity index (χ4v) is 3.36. The van der Waals surface area contributed by atoms with E-state index in [1.54, 1.807) is 17.4 Å². The largest absolute Gasteiger partial charge is 0.462 e. The molecule has 0 bridgehead atoms. The SMILES string of the molecule is OCc1ccc(CN(Cc2ccccc2)CC(O)c2ccsc2)o1. The van der Waals surface area contributed by atoms with E-state index in [1.165, 1.54) is 5.56 Å². The summed E-state index contributed by atoms with van der Waals surface area (Å²) in [5.41, 5.74) is 2.12. The number of rotatable bonds is 8. The highest BCUT2D eigenvalue weighted by Gasteiger charge is 2.16. The normalized spacial score (nSPS) is 12.6. The van der Waals surface area contributed by atoms with Crippen LogP contribution in [0.3, 0.4) is 0 Å². The Morgan fingerprint density at radius 2 is 1.79 bits per heavy atom. The lowest BCUT2D eigenvalue weighted by molar-refractivity contribution is 0.0998. The van der Waals surface area contributed by atoms with Gasteiger partial charge in [-0.3, -0.25) is 4.90 Å². The van der Waals surface area contributed by atoms with Crippen molar-refractivity contribution in [3.05, 3.63) is 81.9 Å². The van der Waals surface area contributed by atoms with Crippen LogP contribution in [0.4, 0.5) is 0 Å². The van der Waals surface area contributed by atoms with Crippen LogP contribution in [0.25, 0.3) is 0 Å². The third-order valence-corrected chi connectivity index (χ3v) is 4.56. The predicted octanol–water partition coefficient (Wildman–Crippen LogP) is 3.57. The van der Waals surface area contributed by atoms with Crippen LogP contribution in [0.1, 0.15) is 28.8 Å². The molecule has 2 N–H and O–H groups in total. The monoisotopic (exact) mass is 343 g/mol. The molecule has 2 heterocycles. The molecule has 1 atom stereocenters. The molecule has 24 heavy (non-hydrogen) atoms. The summed E-state index contributed by atoms with van der Waals surface area (Å²) in [5.74, 6) is 1.34. The van der Waals surface area contributed by atoms with E-state index in [1.807, 2.05) is 41.1 Å². The summed E-state index contributed by atoms with van der Waals surface area (Å²) in [4.78, 5) is 2.15. The molecule has 0 amide bonds. The van der Waals surface area contributed by atoms with Gasteiger partial charge >= 0.3 is 0 Å². The topological polar surface area (TPSA) is 56.8 Å². The molecule has 0 spiro atoms. The summed E-state index contributed by atoms with van der Waals surface area (Å²) in [5, 5.41) is 23.6. The van der Waals surface area contributed by atoms with Gasteiger partial charge in [0.2, 0.25) is 0 Å². The minimum absolute atomic E-state index is 0.101. The molecule has 0 saturated heterocycles. The first kappa shape index (κ1) is 16.9.